The molecule has 3 aliphatic rings. The van der Waals surface area contributed by atoms with Gasteiger partial charge in [-0.15, -0.1) is 0 Å². The van der Waals surface area contributed by atoms with Crippen molar-refractivity contribution in [3.63, 3.8) is 0 Å². The van der Waals surface area contributed by atoms with Crippen LogP contribution >= 0.6 is 0 Å². The van der Waals surface area contributed by atoms with E-state index in [9.17, 15) is 24.9 Å². The second-order valence-corrected chi connectivity index (χ2v) is 11.7. The molecule has 1 unspecified atom stereocenters. The predicted molar refractivity (Wildman–Crippen MR) is 158 cm³/mol. The SMILES string of the molecule is CC1=C[C@H]2O[C@@H](CC=CC=CC(=O)O[C@@H]3C[C@@H](C=CCC=C1)O[C@@H](CC=CCC(O)C(=O)O)[C@]3(C)CO)C[C@H](O)[C@H]2C. The largest absolute Gasteiger partial charge is 0.479 e. The molecule has 0 saturated carbocycles. The lowest BCUT2D eigenvalue weighted by Crippen LogP contribution is -2.55. The molecule has 0 aliphatic carbocycles. The van der Waals surface area contributed by atoms with Crippen LogP contribution in [0, 0.1) is 11.3 Å². The number of carbonyl (C=O) groups excluding carboxylic acids is 1. The predicted octanol–water partition coefficient (Wildman–Crippen LogP) is 3.96. The molecule has 4 bridgehead atoms. The summed E-state index contributed by atoms with van der Waals surface area (Å²) in [7, 11) is 0. The summed E-state index contributed by atoms with van der Waals surface area (Å²) in [6.07, 6.45) is 18.5. The number of carboxylic acid groups (broad SMARTS) is 1. The van der Waals surface area contributed by atoms with Crippen LogP contribution in [-0.2, 0) is 23.8 Å². The van der Waals surface area contributed by atoms with E-state index in [2.05, 4.69) is 6.08 Å². The van der Waals surface area contributed by atoms with Gasteiger partial charge in [0.1, 0.15) is 6.10 Å². The lowest BCUT2D eigenvalue weighted by Gasteiger charge is -2.47. The molecule has 2 fully saturated rings. The van der Waals surface area contributed by atoms with Crippen LogP contribution < -0.4 is 0 Å². The summed E-state index contributed by atoms with van der Waals surface area (Å²) in [5, 5.41) is 39.4. The number of aliphatic hydroxyl groups excluding tert-OH is 3. The number of fused-ring (bicyclic) bond motifs is 4. The Bertz CT molecular complexity index is 1090. The van der Waals surface area contributed by atoms with Crippen LogP contribution in [0.4, 0.5) is 0 Å². The Morgan fingerprint density at radius 1 is 1.14 bits per heavy atom. The van der Waals surface area contributed by atoms with E-state index in [1.54, 1.807) is 24.3 Å². The van der Waals surface area contributed by atoms with Crippen molar-refractivity contribution in [3.8, 4) is 0 Å². The van der Waals surface area contributed by atoms with Crippen molar-refractivity contribution in [2.45, 2.75) is 102 Å². The zero-order chi connectivity index (χ0) is 30.7. The molecule has 3 heterocycles. The molecule has 0 radical (unpaired) electrons. The molecule has 42 heavy (non-hydrogen) atoms. The third-order valence-corrected chi connectivity index (χ3v) is 8.31. The molecule has 232 valence electrons. The smallest absolute Gasteiger partial charge is 0.332 e. The maximum Gasteiger partial charge on any atom is 0.332 e. The highest BCUT2D eigenvalue weighted by Crippen LogP contribution is 2.41. The first-order valence-electron chi connectivity index (χ1n) is 14.7. The van der Waals surface area contributed by atoms with Crippen LogP contribution in [0.3, 0.4) is 0 Å². The molecule has 3 aliphatic heterocycles. The fourth-order valence-corrected chi connectivity index (χ4v) is 5.44. The standard InChI is InChI=1S/C33H46O9/c1-22-12-6-4-7-14-25-20-30(33(3,21-34)29(41-25)16-11-10-15-26(35)32(38)39)42-31(37)17-9-5-8-13-24-19-27(36)23(2)28(18-22)40-24/h5-12,14,17-18,23-30,34-36H,4,13,15-16,19-21H2,1-3H3,(H,38,39)/t23-,24+,25-,26?,27+,28-,29+,30-,33+/m1/s1. The van der Waals surface area contributed by atoms with Gasteiger partial charge in [0.15, 0.2) is 6.10 Å². The van der Waals surface area contributed by atoms with Crippen LogP contribution in [0.1, 0.15) is 59.3 Å². The Balaban J connectivity index is 1.82. The monoisotopic (exact) mass is 586 g/mol. The van der Waals surface area contributed by atoms with E-state index in [1.807, 2.05) is 51.2 Å². The number of hydrogen-bond donors (Lipinski definition) is 4. The molecule has 0 spiro atoms. The highest BCUT2D eigenvalue weighted by Gasteiger charge is 2.49. The summed E-state index contributed by atoms with van der Waals surface area (Å²) in [6.45, 7) is 5.52. The van der Waals surface area contributed by atoms with Crippen molar-refractivity contribution < 1.29 is 44.2 Å². The van der Waals surface area contributed by atoms with Gasteiger partial charge >= 0.3 is 11.9 Å². The highest BCUT2D eigenvalue weighted by atomic mass is 16.6. The van der Waals surface area contributed by atoms with Gasteiger partial charge in [-0.05, 0) is 26.2 Å². The van der Waals surface area contributed by atoms with E-state index in [0.717, 1.165) is 5.57 Å². The molecule has 9 nitrogen and oxygen atoms in total. The second-order valence-electron chi connectivity index (χ2n) is 11.7. The summed E-state index contributed by atoms with van der Waals surface area (Å²) in [4.78, 5) is 23.7. The number of aliphatic hydroxyl groups is 3. The third kappa shape index (κ3) is 9.61. The minimum atomic E-state index is -1.49. The number of allylic oxidation sites excluding steroid dienone is 6. The molecule has 2 saturated heterocycles. The number of hydrogen-bond acceptors (Lipinski definition) is 8. The number of rotatable bonds is 6. The van der Waals surface area contributed by atoms with Crippen molar-refractivity contribution in [1.82, 2.24) is 0 Å². The normalized spacial score (nSPS) is 35.4. The Labute approximate surface area is 248 Å². The molecule has 3 rings (SSSR count). The number of esters is 1. The van der Waals surface area contributed by atoms with Crippen molar-refractivity contribution >= 4 is 11.9 Å². The van der Waals surface area contributed by atoms with E-state index in [-0.39, 0.29) is 37.3 Å². The Hall–Kier alpha value is -2.82. The minimum absolute atomic E-state index is 0.0213. The molecule has 9 atom stereocenters. The van der Waals surface area contributed by atoms with Gasteiger partial charge in [-0.1, -0.05) is 80.2 Å². The van der Waals surface area contributed by atoms with Gasteiger partial charge in [-0.2, -0.15) is 0 Å². The number of aliphatic carboxylic acids is 1. The number of ether oxygens (including phenoxy) is 3. The topological polar surface area (TPSA) is 143 Å². The number of carboxylic acids is 1. The van der Waals surface area contributed by atoms with Gasteiger partial charge in [-0.25, -0.2) is 9.59 Å². The zero-order valence-corrected chi connectivity index (χ0v) is 24.7. The van der Waals surface area contributed by atoms with Gasteiger partial charge < -0.3 is 34.6 Å². The molecule has 0 amide bonds. The Kier molecular flexibility index (Phi) is 12.9. The van der Waals surface area contributed by atoms with Crippen molar-refractivity contribution in [1.29, 1.82) is 0 Å². The minimum Gasteiger partial charge on any atom is -0.479 e. The van der Waals surface area contributed by atoms with Crippen molar-refractivity contribution in [3.05, 3.63) is 72.4 Å². The van der Waals surface area contributed by atoms with Crippen molar-refractivity contribution in [2.24, 2.45) is 11.3 Å². The van der Waals surface area contributed by atoms with Crippen LogP contribution in [-0.4, -0.2) is 81.7 Å². The fraction of sp³-hybridized carbons (Fsp3) is 0.576. The Morgan fingerprint density at radius 3 is 2.67 bits per heavy atom. The van der Waals surface area contributed by atoms with E-state index in [4.69, 9.17) is 19.3 Å². The zero-order valence-electron chi connectivity index (χ0n) is 24.7. The van der Waals surface area contributed by atoms with Crippen LogP contribution in [0.2, 0.25) is 0 Å². The van der Waals surface area contributed by atoms with Gasteiger partial charge in [-0.3, -0.25) is 0 Å². The molecule has 0 aromatic heterocycles. The second kappa shape index (κ2) is 16.1. The van der Waals surface area contributed by atoms with E-state index >= 15 is 0 Å². The first-order valence-corrected chi connectivity index (χ1v) is 14.7. The van der Waals surface area contributed by atoms with E-state index in [0.29, 0.717) is 32.1 Å². The van der Waals surface area contributed by atoms with Crippen LogP contribution in [0.25, 0.3) is 0 Å². The molecule has 9 heteroatoms. The fourth-order valence-electron chi connectivity index (χ4n) is 5.44. The third-order valence-electron chi connectivity index (χ3n) is 8.31. The van der Waals surface area contributed by atoms with Crippen molar-refractivity contribution in [2.75, 3.05) is 6.61 Å². The summed E-state index contributed by atoms with van der Waals surface area (Å²) in [5.41, 5.74) is 0.130. The summed E-state index contributed by atoms with van der Waals surface area (Å²) >= 11 is 0. The van der Waals surface area contributed by atoms with Crippen LogP contribution in [0.15, 0.2) is 72.4 Å². The summed E-state index contributed by atoms with van der Waals surface area (Å²) in [5.74, 6) is -1.86. The molecular weight excluding hydrogens is 540 g/mol. The van der Waals surface area contributed by atoms with E-state index < -0.39 is 41.8 Å². The quantitative estimate of drug-likeness (QED) is 0.269. The van der Waals surface area contributed by atoms with E-state index in [1.165, 1.54) is 6.08 Å². The van der Waals surface area contributed by atoms with Gasteiger partial charge in [0, 0.05) is 31.3 Å². The highest BCUT2D eigenvalue weighted by molar-refractivity contribution is 5.82. The average Bonchev–Trinajstić information content (AvgIpc) is 2.94. The first kappa shape index (κ1) is 33.7. The van der Waals surface area contributed by atoms with Gasteiger partial charge in [0.05, 0.1) is 42.5 Å². The molecular formula is C33H46O9. The molecule has 4 N–H and O–H groups in total. The Morgan fingerprint density at radius 2 is 1.93 bits per heavy atom. The lowest BCUT2D eigenvalue weighted by molar-refractivity contribution is -0.198. The lowest BCUT2D eigenvalue weighted by atomic mass is 9.73. The van der Waals surface area contributed by atoms with Gasteiger partial charge in [0.25, 0.3) is 0 Å². The van der Waals surface area contributed by atoms with Crippen LogP contribution in [0.5, 0.6) is 0 Å². The average molecular weight is 587 g/mol. The number of carbonyl (C=O) groups is 2. The summed E-state index contributed by atoms with van der Waals surface area (Å²) < 4.78 is 18.5. The molecule has 0 aromatic rings. The maximum absolute atomic E-state index is 12.8. The maximum atomic E-state index is 12.8. The summed E-state index contributed by atoms with van der Waals surface area (Å²) in [6, 6.07) is 0. The first-order chi connectivity index (χ1) is 20.0. The van der Waals surface area contributed by atoms with Gasteiger partial charge in [0.2, 0.25) is 0 Å². The molecule has 0 aromatic carbocycles.